The van der Waals surface area contributed by atoms with Gasteiger partial charge in [-0.25, -0.2) is 4.79 Å². The Balaban J connectivity index is 3.31. The van der Waals surface area contributed by atoms with Crippen molar-refractivity contribution in [2.45, 2.75) is 91.8 Å². The first-order valence-electron chi connectivity index (χ1n) is 12.1. The molecule has 0 bridgehead atoms. The van der Waals surface area contributed by atoms with E-state index in [4.69, 9.17) is 4.74 Å². The highest BCUT2D eigenvalue weighted by Crippen LogP contribution is 2.24. The van der Waals surface area contributed by atoms with Gasteiger partial charge in [0.05, 0.1) is 0 Å². The van der Waals surface area contributed by atoms with E-state index in [1.165, 1.54) is 0 Å². The zero-order valence-corrected chi connectivity index (χ0v) is 21.4. The number of amides is 3. The molecule has 2 unspecified atom stereocenters. The van der Waals surface area contributed by atoms with Crippen LogP contribution in [0.1, 0.15) is 85.8 Å². The van der Waals surface area contributed by atoms with Crippen molar-refractivity contribution in [3.8, 4) is 0 Å². The summed E-state index contributed by atoms with van der Waals surface area (Å²) >= 11 is 0. The van der Waals surface area contributed by atoms with Gasteiger partial charge in [0.1, 0.15) is 17.7 Å². The Kier molecular flexibility index (Phi) is 12.0. The second-order valence-corrected chi connectivity index (χ2v) is 9.71. The van der Waals surface area contributed by atoms with E-state index in [1.807, 2.05) is 51.1 Å². The van der Waals surface area contributed by atoms with Crippen LogP contribution < -0.4 is 10.6 Å². The first kappa shape index (κ1) is 28.5. The Bertz CT molecular complexity index is 744. The van der Waals surface area contributed by atoms with Crippen molar-refractivity contribution in [2.75, 3.05) is 13.1 Å². The molecule has 0 fully saturated rings. The van der Waals surface area contributed by atoms with Crippen molar-refractivity contribution in [1.82, 2.24) is 15.5 Å². The topological polar surface area (TPSA) is 87.7 Å². The molecule has 1 rings (SSSR count). The molecule has 0 saturated heterocycles. The SMILES string of the molecule is CCCCNC(=O)C(c1ccccc1)N(CCCC)C(=O)C(NC(=O)OC(C)(C)C)C(C)C. The Labute approximate surface area is 199 Å². The number of hydrogen-bond donors (Lipinski definition) is 2. The number of rotatable bonds is 12. The number of carbonyl (C=O) groups excluding carboxylic acids is 3. The minimum Gasteiger partial charge on any atom is -0.444 e. The summed E-state index contributed by atoms with van der Waals surface area (Å²) in [6, 6.07) is 7.75. The normalized spacial score (nSPS) is 13.2. The molecule has 2 atom stereocenters. The fraction of sp³-hybridized carbons (Fsp3) is 0.654. The van der Waals surface area contributed by atoms with E-state index >= 15 is 0 Å². The van der Waals surface area contributed by atoms with Gasteiger partial charge in [-0.1, -0.05) is 70.9 Å². The third-order valence-electron chi connectivity index (χ3n) is 5.15. The van der Waals surface area contributed by atoms with E-state index in [9.17, 15) is 14.4 Å². The van der Waals surface area contributed by atoms with Gasteiger partial charge in [-0.15, -0.1) is 0 Å². The summed E-state index contributed by atoms with van der Waals surface area (Å²) in [5, 5.41) is 5.73. The molecule has 0 saturated carbocycles. The summed E-state index contributed by atoms with van der Waals surface area (Å²) in [4.78, 5) is 41.2. The molecular weight excluding hydrogens is 418 g/mol. The summed E-state index contributed by atoms with van der Waals surface area (Å²) in [7, 11) is 0. The third-order valence-corrected chi connectivity index (χ3v) is 5.15. The van der Waals surface area contributed by atoms with Crippen LogP contribution in [0, 0.1) is 5.92 Å². The predicted molar refractivity (Wildman–Crippen MR) is 132 cm³/mol. The largest absolute Gasteiger partial charge is 0.444 e. The maximum Gasteiger partial charge on any atom is 0.408 e. The van der Waals surface area contributed by atoms with E-state index in [-0.39, 0.29) is 17.7 Å². The van der Waals surface area contributed by atoms with Gasteiger partial charge in [0.2, 0.25) is 11.8 Å². The first-order valence-corrected chi connectivity index (χ1v) is 12.1. The van der Waals surface area contributed by atoms with Gasteiger partial charge in [0, 0.05) is 13.1 Å². The number of ether oxygens (including phenoxy) is 1. The minimum atomic E-state index is -0.814. The molecule has 7 nitrogen and oxygen atoms in total. The number of benzene rings is 1. The lowest BCUT2D eigenvalue weighted by Gasteiger charge is -2.35. The maximum atomic E-state index is 13.8. The number of hydrogen-bond acceptors (Lipinski definition) is 4. The highest BCUT2D eigenvalue weighted by atomic mass is 16.6. The standard InChI is InChI=1S/C26H43N3O4/c1-8-10-17-27-23(30)22(20-15-13-12-14-16-20)29(18-11-9-2)24(31)21(19(3)4)28-25(32)33-26(5,6)7/h12-16,19,21-22H,8-11,17-18H2,1-7H3,(H,27,30)(H,28,32). The van der Waals surface area contributed by atoms with Crippen molar-refractivity contribution in [3.63, 3.8) is 0 Å². The van der Waals surface area contributed by atoms with Crippen molar-refractivity contribution in [2.24, 2.45) is 5.92 Å². The lowest BCUT2D eigenvalue weighted by atomic mass is 9.98. The highest BCUT2D eigenvalue weighted by Gasteiger charge is 2.37. The molecule has 1 aromatic rings. The van der Waals surface area contributed by atoms with Crippen molar-refractivity contribution >= 4 is 17.9 Å². The van der Waals surface area contributed by atoms with Crippen LogP contribution in [0.25, 0.3) is 0 Å². The van der Waals surface area contributed by atoms with Crippen molar-refractivity contribution in [1.29, 1.82) is 0 Å². The number of alkyl carbamates (subject to hydrolysis) is 1. The molecule has 33 heavy (non-hydrogen) atoms. The van der Waals surface area contributed by atoms with E-state index in [1.54, 1.807) is 25.7 Å². The van der Waals surface area contributed by atoms with E-state index in [2.05, 4.69) is 17.6 Å². The molecule has 0 aliphatic carbocycles. The fourth-order valence-corrected chi connectivity index (χ4v) is 3.41. The molecule has 186 valence electrons. The smallest absolute Gasteiger partial charge is 0.408 e. The lowest BCUT2D eigenvalue weighted by Crippen LogP contribution is -2.55. The molecule has 0 aliphatic heterocycles. The molecule has 2 N–H and O–H groups in total. The summed E-state index contributed by atoms with van der Waals surface area (Å²) < 4.78 is 5.39. The zero-order chi connectivity index (χ0) is 25.0. The third kappa shape index (κ3) is 9.84. The van der Waals surface area contributed by atoms with Crippen LogP contribution >= 0.6 is 0 Å². The Morgan fingerprint density at radius 3 is 2.12 bits per heavy atom. The van der Waals surface area contributed by atoms with E-state index in [0.29, 0.717) is 13.1 Å². The summed E-state index contributed by atoms with van der Waals surface area (Å²) in [6.07, 6.45) is 2.80. The molecule has 0 spiro atoms. The van der Waals surface area contributed by atoms with Crippen molar-refractivity contribution in [3.05, 3.63) is 35.9 Å². The molecule has 0 aliphatic rings. The lowest BCUT2D eigenvalue weighted by molar-refractivity contribution is -0.143. The van der Waals surface area contributed by atoms with Gasteiger partial charge in [-0.3, -0.25) is 9.59 Å². The van der Waals surface area contributed by atoms with Gasteiger partial charge >= 0.3 is 6.09 Å². The number of unbranched alkanes of at least 4 members (excludes halogenated alkanes) is 2. The fourth-order valence-electron chi connectivity index (χ4n) is 3.41. The monoisotopic (exact) mass is 461 g/mol. The molecule has 7 heteroatoms. The Morgan fingerprint density at radius 2 is 1.61 bits per heavy atom. The quantitative estimate of drug-likeness (QED) is 0.437. The first-order chi connectivity index (χ1) is 15.5. The zero-order valence-electron chi connectivity index (χ0n) is 21.4. The van der Waals surface area contributed by atoms with E-state index in [0.717, 1.165) is 31.2 Å². The van der Waals surface area contributed by atoms with Crippen molar-refractivity contribution < 1.29 is 19.1 Å². The molecule has 1 aromatic carbocycles. The number of nitrogens with one attached hydrogen (secondary N) is 2. The second kappa shape index (κ2) is 13.9. The predicted octanol–water partition coefficient (Wildman–Crippen LogP) is 4.82. The van der Waals surface area contributed by atoms with Crippen LogP contribution in [-0.4, -0.2) is 47.5 Å². The maximum absolute atomic E-state index is 13.8. The van der Waals surface area contributed by atoms with Gasteiger partial charge in [-0.05, 0) is 45.1 Å². The van der Waals surface area contributed by atoms with Gasteiger partial charge < -0.3 is 20.3 Å². The van der Waals surface area contributed by atoms with Gasteiger partial charge in [0.25, 0.3) is 0 Å². The van der Waals surface area contributed by atoms with Gasteiger partial charge in [-0.2, -0.15) is 0 Å². The molecule has 3 amide bonds. The molecule has 0 radical (unpaired) electrons. The number of nitrogens with zero attached hydrogens (tertiary/aromatic N) is 1. The number of carbonyl (C=O) groups is 3. The molecular formula is C26H43N3O4. The molecule has 0 aromatic heterocycles. The highest BCUT2D eigenvalue weighted by molar-refractivity contribution is 5.92. The summed E-state index contributed by atoms with van der Waals surface area (Å²) in [5.74, 6) is -0.684. The average molecular weight is 462 g/mol. The Hall–Kier alpha value is -2.57. The summed E-state index contributed by atoms with van der Waals surface area (Å²) in [6.45, 7) is 14.1. The van der Waals surface area contributed by atoms with Crippen LogP contribution in [0.5, 0.6) is 0 Å². The Morgan fingerprint density at radius 1 is 1.00 bits per heavy atom. The van der Waals surface area contributed by atoms with Crippen LogP contribution in [0.4, 0.5) is 4.79 Å². The average Bonchev–Trinajstić information content (AvgIpc) is 2.73. The summed E-state index contributed by atoms with van der Waals surface area (Å²) in [5.41, 5.74) is 0.0678. The van der Waals surface area contributed by atoms with Crippen LogP contribution in [-0.2, 0) is 14.3 Å². The van der Waals surface area contributed by atoms with Crippen LogP contribution in [0.3, 0.4) is 0 Å². The van der Waals surface area contributed by atoms with Crippen LogP contribution in [0.2, 0.25) is 0 Å². The van der Waals surface area contributed by atoms with Gasteiger partial charge in [0.15, 0.2) is 0 Å². The van der Waals surface area contributed by atoms with E-state index < -0.39 is 23.8 Å². The molecule has 0 heterocycles. The minimum absolute atomic E-state index is 0.186. The second-order valence-electron chi connectivity index (χ2n) is 9.71. The van der Waals surface area contributed by atoms with Crippen LogP contribution in [0.15, 0.2) is 30.3 Å².